The molecule has 0 fully saturated rings. The van der Waals surface area contributed by atoms with Gasteiger partial charge in [-0.05, 0) is 5.56 Å². The van der Waals surface area contributed by atoms with Crippen molar-refractivity contribution in [1.82, 2.24) is 9.55 Å². The second-order valence-corrected chi connectivity index (χ2v) is 3.91. The Hall–Kier alpha value is -3.10. The average Bonchev–Trinajstić information content (AvgIpc) is 2.87. The number of hydrogen-bond acceptors (Lipinski definition) is 4. The van der Waals surface area contributed by atoms with Crippen molar-refractivity contribution in [3.8, 4) is 18.2 Å². The molecule has 5 heteroatoms. The molecule has 1 unspecified atom stereocenters. The molecule has 0 aliphatic rings. The number of benzene rings is 1. The molecule has 2 rings (SSSR count). The molecular formula is C14H9N5. The van der Waals surface area contributed by atoms with Crippen molar-refractivity contribution in [2.24, 2.45) is 0 Å². The topological polar surface area (TPSA) is 89.2 Å². The van der Waals surface area contributed by atoms with Gasteiger partial charge in [-0.3, -0.25) is 0 Å². The maximum Gasteiger partial charge on any atom is 0.176 e. The quantitative estimate of drug-likeness (QED) is 0.828. The molecule has 1 aromatic heterocycles. The minimum atomic E-state index is -0.381. The summed E-state index contributed by atoms with van der Waals surface area (Å²) in [4.78, 5) is 3.86. The zero-order valence-electron chi connectivity index (χ0n) is 9.98. The van der Waals surface area contributed by atoms with Crippen LogP contribution in [0.5, 0.6) is 0 Å². The lowest BCUT2D eigenvalue weighted by Crippen LogP contribution is -2.08. The van der Waals surface area contributed by atoms with Crippen molar-refractivity contribution in [3.05, 3.63) is 53.6 Å². The lowest BCUT2D eigenvalue weighted by atomic mass is 10.0. The number of nitrogens with zero attached hydrogens (tertiary/aromatic N) is 5. The summed E-state index contributed by atoms with van der Waals surface area (Å²) in [6.07, 6.45) is 1.42. The lowest BCUT2D eigenvalue weighted by Gasteiger charge is -2.10. The van der Waals surface area contributed by atoms with Crippen LogP contribution in [0.3, 0.4) is 0 Å². The summed E-state index contributed by atoms with van der Waals surface area (Å²) in [5.74, 6) is -0.381. The van der Waals surface area contributed by atoms with Crippen LogP contribution in [-0.4, -0.2) is 9.55 Å². The van der Waals surface area contributed by atoms with Gasteiger partial charge in [-0.2, -0.15) is 15.8 Å². The second-order valence-electron chi connectivity index (χ2n) is 3.91. The van der Waals surface area contributed by atoms with Crippen LogP contribution >= 0.6 is 0 Å². The van der Waals surface area contributed by atoms with Crippen LogP contribution in [-0.2, 0) is 6.54 Å². The van der Waals surface area contributed by atoms with Gasteiger partial charge >= 0.3 is 0 Å². The fourth-order valence-electron chi connectivity index (χ4n) is 1.82. The number of hydrogen-bond donors (Lipinski definition) is 0. The van der Waals surface area contributed by atoms with E-state index in [1.54, 1.807) is 4.57 Å². The second kappa shape index (κ2) is 5.49. The van der Waals surface area contributed by atoms with Crippen molar-refractivity contribution in [2.75, 3.05) is 0 Å². The third-order valence-electron chi connectivity index (χ3n) is 2.79. The Kier molecular flexibility index (Phi) is 3.57. The molecule has 0 N–H and O–H groups in total. The molecule has 0 saturated carbocycles. The van der Waals surface area contributed by atoms with Gasteiger partial charge in [0.15, 0.2) is 11.4 Å². The molecule has 19 heavy (non-hydrogen) atoms. The first-order chi connectivity index (χ1) is 9.30. The van der Waals surface area contributed by atoms with Crippen LogP contribution in [0.1, 0.15) is 22.9 Å². The Morgan fingerprint density at radius 2 is 1.84 bits per heavy atom. The van der Waals surface area contributed by atoms with Gasteiger partial charge in [0.2, 0.25) is 0 Å². The molecule has 0 spiro atoms. The molecule has 90 valence electrons. The lowest BCUT2D eigenvalue weighted by molar-refractivity contribution is 0.639. The Morgan fingerprint density at radius 1 is 1.11 bits per heavy atom. The highest BCUT2D eigenvalue weighted by atomic mass is 15.1. The summed E-state index contributed by atoms with van der Waals surface area (Å²) in [6, 6.07) is 15.3. The molecule has 0 bridgehead atoms. The normalized spacial score (nSPS) is 11.0. The molecule has 0 saturated heterocycles. The van der Waals surface area contributed by atoms with E-state index in [2.05, 4.69) is 11.1 Å². The third-order valence-corrected chi connectivity index (χ3v) is 2.79. The van der Waals surface area contributed by atoms with Crippen LogP contribution in [0.15, 0.2) is 36.7 Å². The van der Waals surface area contributed by atoms with Crippen LogP contribution in [0, 0.1) is 34.0 Å². The molecule has 1 heterocycles. The van der Waals surface area contributed by atoms with Crippen molar-refractivity contribution >= 4 is 0 Å². The van der Waals surface area contributed by atoms with E-state index in [0.717, 1.165) is 5.56 Å². The van der Waals surface area contributed by atoms with Gasteiger partial charge in [-0.1, -0.05) is 30.3 Å². The van der Waals surface area contributed by atoms with Crippen molar-refractivity contribution in [3.63, 3.8) is 0 Å². The molecule has 1 aromatic carbocycles. The van der Waals surface area contributed by atoms with E-state index < -0.39 is 0 Å². The predicted octanol–water partition coefficient (Wildman–Crippen LogP) is 1.93. The Labute approximate surface area is 110 Å². The first-order valence-electron chi connectivity index (χ1n) is 5.60. The van der Waals surface area contributed by atoms with Gasteiger partial charge in [0.25, 0.3) is 0 Å². The molecule has 0 amide bonds. The summed E-state index contributed by atoms with van der Waals surface area (Å²) in [6.45, 7) is 0.304. The fraction of sp³-hybridized carbons (Fsp3) is 0.143. The highest BCUT2D eigenvalue weighted by Crippen LogP contribution is 2.18. The van der Waals surface area contributed by atoms with Crippen molar-refractivity contribution < 1.29 is 0 Å². The van der Waals surface area contributed by atoms with Gasteiger partial charge < -0.3 is 4.57 Å². The zero-order valence-corrected chi connectivity index (χ0v) is 9.98. The van der Waals surface area contributed by atoms with Crippen LogP contribution in [0.25, 0.3) is 0 Å². The molecule has 5 nitrogen and oxygen atoms in total. The average molecular weight is 247 g/mol. The molecule has 0 aliphatic heterocycles. The van der Waals surface area contributed by atoms with Gasteiger partial charge in [0.1, 0.15) is 12.1 Å². The van der Waals surface area contributed by atoms with Crippen LogP contribution in [0.2, 0.25) is 0 Å². The van der Waals surface area contributed by atoms with Crippen molar-refractivity contribution in [1.29, 1.82) is 15.8 Å². The standard InChI is InChI=1S/C14H9N5/c15-6-12(11-4-2-1-3-5-11)9-19-10-18-13(7-16)14(19)8-17/h1-5,10,12H,9H2. The van der Waals surface area contributed by atoms with E-state index in [4.69, 9.17) is 10.5 Å². The monoisotopic (exact) mass is 247 g/mol. The smallest absolute Gasteiger partial charge is 0.176 e. The third kappa shape index (κ3) is 2.44. The van der Waals surface area contributed by atoms with Gasteiger partial charge in [0, 0.05) is 6.54 Å². The Balaban J connectivity index is 2.31. The Morgan fingerprint density at radius 3 is 2.42 bits per heavy atom. The summed E-state index contributed by atoms with van der Waals surface area (Å²) < 4.78 is 1.54. The van der Waals surface area contributed by atoms with E-state index in [0.29, 0.717) is 6.54 Å². The molecule has 2 aromatic rings. The van der Waals surface area contributed by atoms with Crippen LogP contribution < -0.4 is 0 Å². The number of rotatable bonds is 3. The van der Waals surface area contributed by atoms with Gasteiger partial charge in [0.05, 0.1) is 18.3 Å². The van der Waals surface area contributed by atoms with Gasteiger partial charge in [-0.25, -0.2) is 4.98 Å². The summed E-state index contributed by atoms with van der Waals surface area (Å²) >= 11 is 0. The molecule has 0 aliphatic carbocycles. The largest absolute Gasteiger partial charge is 0.320 e. The van der Waals surface area contributed by atoms with E-state index in [-0.39, 0.29) is 17.3 Å². The molecule has 1 atom stereocenters. The SMILES string of the molecule is N#Cc1ncn(CC(C#N)c2ccccc2)c1C#N. The maximum atomic E-state index is 9.24. The predicted molar refractivity (Wildman–Crippen MR) is 66.5 cm³/mol. The minimum absolute atomic E-state index is 0.0900. The minimum Gasteiger partial charge on any atom is -0.320 e. The summed E-state index contributed by atoms with van der Waals surface area (Å²) in [5, 5.41) is 27.1. The van der Waals surface area contributed by atoms with Crippen LogP contribution in [0.4, 0.5) is 0 Å². The Bertz CT molecular complexity index is 694. The first-order valence-corrected chi connectivity index (χ1v) is 5.60. The summed E-state index contributed by atoms with van der Waals surface area (Å²) in [5.41, 5.74) is 1.16. The van der Waals surface area contributed by atoms with E-state index >= 15 is 0 Å². The summed E-state index contributed by atoms with van der Waals surface area (Å²) in [7, 11) is 0. The highest BCUT2D eigenvalue weighted by molar-refractivity contribution is 5.36. The fourth-order valence-corrected chi connectivity index (χ4v) is 1.82. The molecule has 0 radical (unpaired) electrons. The van der Waals surface area contributed by atoms with E-state index in [1.165, 1.54) is 6.33 Å². The maximum absolute atomic E-state index is 9.24. The highest BCUT2D eigenvalue weighted by Gasteiger charge is 2.16. The van der Waals surface area contributed by atoms with E-state index in [9.17, 15) is 5.26 Å². The van der Waals surface area contributed by atoms with E-state index in [1.807, 2.05) is 42.5 Å². The van der Waals surface area contributed by atoms with Gasteiger partial charge in [-0.15, -0.1) is 0 Å². The van der Waals surface area contributed by atoms with Crippen molar-refractivity contribution in [2.45, 2.75) is 12.5 Å². The zero-order chi connectivity index (χ0) is 13.7. The number of aromatic nitrogens is 2. The number of nitriles is 3. The molecular weight excluding hydrogens is 238 g/mol. The first kappa shape index (κ1) is 12.4. The number of imidazole rings is 1.